The van der Waals surface area contributed by atoms with Gasteiger partial charge in [0.1, 0.15) is 6.61 Å². The highest BCUT2D eigenvalue weighted by Gasteiger charge is 2.15. The highest BCUT2D eigenvalue weighted by molar-refractivity contribution is 5.96. The maximum atomic E-state index is 14.6. The van der Waals surface area contributed by atoms with Crippen molar-refractivity contribution in [2.45, 2.75) is 40.3 Å². The first-order valence-corrected chi connectivity index (χ1v) is 11.3. The van der Waals surface area contributed by atoms with Crippen molar-refractivity contribution in [1.29, 1.82) is 0 Å². The number of carbonyl (C=O) groups is 1. The van der Waals surface area contributed by atoms with Crippen molar-refractivity contribution in [1.82, 2.24) is 24.6 Å². The van der Waals surface area contributed by atoms with Crippen LogP contribution in [-0.2, 0) is 13.2 Å². The average Bonchev–Trinajstić information content (AvgIpc) is 3.31. The van der Waals surface area contributed by atoms with Crippen molar-refractivity contribution in [3.05, 3.63) is 53.9 Å². The quantitative estimate of drug-likeness (QED) is 0.374. The van der Waals surface area contributed by atoms with Gasteiger partial charge in [0.15, 0.2) is 23.1 Å². The Morgan fingerprint density at radius 3 is 2.53 bits per heavy atom. The minimum Gasteiger partial charge on any atom is -0.494 e. The minimum atomic E-state index is -0.563. The molecule has 9 nitrogen and oxygen atoms in total. The number of Topliss-reactive ketones (excluding diaryl/α,β-unsaturated/α-hetero) is 1. The lowest BCUT2D eigenvalue weighted by Gasteiger charge is -2.17. The normalized spacial score (nSPS) is 11.0. The summed E-state index contributed by atoms with van der Waals surface area (Å²) in [5, 5.41) is 7.46. The van der Waals surface area contributed by atoms with Crippen molar-refractivity contribution in [3.63, 3.8) is 0 Å². The van der Waals surface area contributed by atoms with E-state index in [1.165, 1.54) is 31.6 Å². The number of aromatic nitrogens is 4. The lowest BCUT2D eigenvalue weighted by atomic mass is 10.0. The van der Waals surface area contributed by atoms with Crippen LogP contribution in [0.3, 0.4) is 0 Å². The van der Waals surface area contributed by atoms with Gasteiger partial charge >= 0.3 is 0 Å². The maximum absolute atomic E-state index is 14.6. The van der Waals surface area contributed by atoms with Crippen LogP contribution in [-0.4, -0.2) is 57.2 Å². The van der Waals surface area contributed by atoms with E-state index < -0.39 is 5.82 Å². The van der Waals surface area contributed by atoms with Gasteiger partial charge in [0.25, 0.3) is 0 Å². The summed E-state index contributed by atoms with van der Waals surface area (Å²) in [7, 11) is 1.36. The summed E-state index contributed by atoms with van der Waals surface area (Å²) in [6.45, 7) is 9.68. The molecular formula is C24H31FN6O3. The molecule has 0 bridgehead atoms. The van der Waals surface area contributed by atoms with Crippen molar-refractivity contribution in [2.24, 2.45) is 0 Å². The molecule has 0 spiro atoms. The predicted octanol–water partition coefficient (Wildman–Crippen LogP) is 4.08. The standard InChI is InChI=1S/C24H31FN6O3/c1-5-21(32)17-10-18(23(25)22(11-17)33-4)16-34-20-13-26-24(27-14-20)29-19-12-28-31(15-19)9-8-30(6-2)7-3/h10-15H,5-9,16H2,1-4H3,(H,26,27,29). The van der Waals surface area contributed by atoms with E-state index in [-0.39, 0.29) is 23.7 Å². The first-order valence-electron chi connectivity index (χ1n) is 11.3. The Labute approximate surface area is 198 Å². The van der Waals surface area contributed by atoms with Crippen LogP contribution in [0.2, 0.25) is 0 Å². The van der Waals surface area contributed by atoms with Gasteiger partial charge in [-0.1, -0.05) is 20.8 Å². The molecule has 182 valence electrons. The smallest absolute Gasteiger partial charge is 0.227 e. The predicted molar refractivity (Wildman–Crippen MR) is 127 cm³/mol. The van der Waals surface area contributed by atoms with Crippen LogP contribution < -0.4 is 14.8 Å². The second-order valence-electron chi connectivity index (χ2n) is 7.60. The Kier molecular flexibility index (Phi) is 8.92. The van der Waals surface area contributed by atoms with E-state index in [4.69, 9.17) is 9.47 Å². The van der Waals surface area contributed by atoms with Gasteiger partial charge in [-0.25, -0.2) is 14.4 Å². The van der Waals surface area contributed by atoms with E-state index >= 15 is 0 Å². The SMILES string of the molecule is CCC(=O)c1cc(COc2cnc(Nc3cnn(CCN(CC)CC)c3)nc2)c(F)c(OC)c1. The van der Waals surface area contributed by atoms with Crippen molar-refractivity contribution in [3.8, 4) is 11.5 Å². The number of carbonyl (C=O) groups excluding carboxylic acids is 1. The van der Waals surface area contributed by atoms with Crippen molar-refractivity contribution >= 4 is 17.4 Å². The maximum Gasteiger partial charge on any atom is 0.227 e. The summed E-state index contributed by atoms with van der Waals surface area (Å²) in [5.41, 5.74) is 1.38. The van der Waals surface area contributed by atoms with Crippen LogP contribution in [0.25, 0.3) is 0 Å². The van der Waals surface area contributed by atoms with E-state index in [9.17, 15) is 9.18 Å². The second kappa shape index (κ2) is 12.1. The fraction of sp³-hybridized carbons (Fsp3) is 0.417. The first kappa shape index (κ1) is 25.1. The summed E-state index contributed by atoms with van der Waals surface area (Å²) < 4.78 is 27.2. The fourth-order valence-electron chi connectivity index (χ4n) is 3.35. The Hall–Kier alpha value is -3.53. The molecule has 2 aromatic heterocycles. The van der Waals surface area contributed by atoms with Crippen LogP contribution in [0.4, 0.5) is 16.0 Å². The number of rotatable bonds is 13. The zero-order chi connectivity index (χ0) is 24.5. The summed E-state index contributed by atoms with van der Waals surface area (Å²) >= 11 is 0. The molecule has 0 saturated heterocycles. The Bertz CT molecular complexity index is 1080. The highest BCUT2D eigenvalue weighted by atomic mass is 19.1. The number of nitrogens with one attached hydrogen (secondary N) is 1. The van der Waals surface area contributed by atoms with Gasteiger partial charge in [0, 0.05) is 30.3 Å². The topological polar surface area (TPSA) is 94.4 Å². The number of methoxy groups -OCH3 is 1. The number of ether oxygens (including phenoxy) is 2. The van der Waals surface area contributed by atoms with E-state index in [1.54, 1.807) is 13.1 Å². The third kappa shape index (κ3) is 6.50. The molecule has 1 aromatic carbocycles. The van der Waals surface area contributed by atoms with E-state index in [0.717, 1.165) is 31.9 Å². The largest absolute Gasteiger partial charge is 0.494 e. The molecule has 0 radical (unpaired) electrons. The summed E-state index contributed by atoms with van der Waals surface area (Å²) in [5.74, 6) is 0.0958. The summed E-state index contributed by atoms with van der Waals surface area (Å²) in [6.07, 6.45) is 6.92. The number of nitrogens with zero attached hydrogens (tertiary/aromatic N) is 5. The van der Waals surface area contributed by atoms with Crippen LogP contribution in [0.15, 0.2) is 36.9 Å². The fourth-order valence-corrected chi connectivity index (χ4v) is 3.35. The molecule has 0 amide bonds. The second-order valence-corrected chi connectivity index (χ2v) is 7.60. The van der Waals surface area contributed by atoms with Crippen molar-refractivity contribution < 1.29 is 18.7 Å². The molecule has 0 fully saturated rings. The van der Waals surface area contributed by atoms with E-state index in [2.05, 4.69) is 39.1 Å². The summed E-state index contributed by atoms with van der Waals surface area (Å²) in [6, 6.07) is 2.89. The molecule has 2 heterocycles. The number of anilines is 2. The lowest BCUT2D eigenvalue weighted by molar-refractivity contribution is 0.0987. The summed E-state index contributed by atoms with van der Waals surface area (Å²) in [4.78, 5) is 22.9. The molecular weight excluding hydrogens is 439 g/mol. The van der Waals surface area contributed by atoms with Crippen LogP contribution in [0.1, 0.15) is 43.1 Å². The molecule has 0 aliphatic rings. The Balaban J connectivity index is 1.59. The van der Waals surface area contributed by atoms with Gasteiger partial charge in [0.05, 0.1) is 37.9 Å². The molecule has 0 saturated carbocycles. The number of ketones is 1. The Morgan fingerprint density at radius 2 is 1.88 bits per heavy atom. The van der Waals surface area contributed by atoms with Crippen molar-refractivity contribution in [2.75, 3.05) is 32.1 Å². The Morgan fingerprint density at radius 1 is 1.15 bits per heavy atom. The molecule has 0 unspecified atom stereocenters. The molecule has 10 heteroatoms. The average molecular weight is 471 g/mol. The third-order valence-electron chi connectivity index (χ3n) is 5.43. The molecule has 3 aromatic rings. The van der Waals surface area contributed by atoms with Crippen LogP contribution in [0.5, 0.6) is 11.5 Å². The van der Waals surface area contributed by atoms with Gasteiger partial charge in [-0.2, -0.15) is 5.10 Å². The first-order chi connectivity index (χ1) is 16.5. The molecule has 0 atom stereocenters. The van der Waals surface area contributed by atoms with Gasteiger partial charge in [-0.15, -0.1) is 0 Å². The van der Waals surface area contributed by atoms with Gasteiger partial charge in [-0.3, -0.25) is 9.48 Å². The molecule has 3 rings (SSSR count). The molecule has 1 N–H and O–H groups in total. The number of benzene rings is 1. The molecule has 0 aliphatic heterocycles. The van der Waals surface area contributed by atoms with E-state index in [0.29, 0.717) is 23.7 Å². The van der Waals surface area contributed by atoms with Crippen LogP contribution >= 0.6 is 0 Å². The van der Waals surface area contributed by atoms with Crippen LogP contribution in [0, 0.1) is 5.82 Å². The van der Waals surface area contributed by atoms with Gasteiger partial charge in [0.2, 0.25) is 5.95 Å². The van der Waals surface area contributed by atoms with E-state index in [1.807, 2.05) is 10.9 Å². The number of halogens is 1. The number of hydrogen-bond donors (Lipinski definition) is 1. The van der Waals surface area contributed by atoms with Gasteiger partial charge < -0.3 is 19.7 Å². The zero-order valence-corrected chi connectivity index (χ0v) is 20.0. The zero-order valence-electron chi connectivity index (χ0n) is 20.0. The highest BCUT2D eigenvalue weighted by Crippen LogP contribution is 2.25. The molecule has 0 aliphatic carbocycles. The monoisotopic (exact) mass is 470 g/mol. The minimum absolute atomic E-state index is 0.00587. The number of likely N-dealkylation sites (N-methyl/N-ethyl adjacent to an activating group) is 1. The molecule has 34 heavy (non-hydrogen) atoms. The van der Waals surface area contributed by atoms with Gasteiger partial charge in [-0.05, 0) is 25.2 Å². The number of hydrogen-bond acceptors (Lipinski definition) is 8. The third-order valence-corrected chi connectivity index (χ3v) is 5.43. The lowest BCUT2D eigenvalue weighted by Crippen LogP contribution is -2.27.